The van der Waals surface area contributed by atoms with Crippen molar-refractivity contribution >= 4 is 27.5 Å². The fraction of sp³-hybridized carbons (Fsp3) is 0.355. The quantitative estimate of drug-likeness (QED) is 0.298. The number of nitrogens with zero attached hydrogens (tertiary/aromatic N) is 2. The lowest BCUT2D eigenvalue weighted by Crippen LogP contribution is -2.52. The van der Waals surface area contributed by atoms with Gasteiger partial charge in [-0.1, -0.05) is 60.5 Å². The first-order chi connectivity index (χ1) is 19.6. The molecule has 3 aromatic carbocycles. The Hall–Kier alpha value is -3.86. The molecule has 1 N–H and O–H groups in total. The van der Waals surface area contributed by atoms with Crippen molar-refractivity contribution < 1.29 is 31.2 Å². The molecule has 0 radical (unpaired) electrons. The number of aryl methyl sites for hydroxylation is 2. The molecule has 0 aromatic heterocycles. The lowest BCUT2D eigenvalue weighted by atomic mass is 10.1. The molecule has 3 aromatic rings. The normalized spacial score (nSPS) is 13.2. The highest BCUT2D eigenvalue weighted by atomic mass is 32.2. The van der Waals surface area contributed by atoms with Crippen LogP contribution < -0.4 is 9.62 Å². The zero-order chi connectivity index (χ0) is 31.2. The van der Waals surface area contributed by atoms with Gasteiger partial charge >= 0.3 is 6.18 Å². The molecule has 2 amide bonds. The second-order valence-corrected chi connectivity index (χ2v) is 12.2. The van der Waals surface area contributed by atoms with E-state index >= 15 is 0 Å². The largest absolute Gasteiger partial charge is 0.416 e. The Kier molecular flexibility index (Phi) is 10.4. The minimum absolute atomic E-state index is 0.0186. The van der Waals surface area contributed by atoms with Crippen LogP contribution in [0.4, 0.5) is 18.9 Å². The van der Waals surface area contributed by atoms with Gasteiger partial charge in [0, 0.05) is 12.6 Å². The molecule has 11 heteroatoms. The van der Waals surface area contributed by atoms with Crippen LogP contribution in [0.1, 0.15) is 49.4 Å². The summed E-state index contributed by atoms with van der Waals surface area (Å²) in [6, 6.07) is 15.7. The van der Waals surface area contributed by atoms with Crippen LogP contribution in [0.2, 0.25) is 0 Å². The second kappa shape index (κ2) is 13.4. The van der Waals surface area contributed by atoms with Gasteiger partial charge in [-0.15, -0.1) is 0 Å². The summed E-state index contributed by atoms with van der Waals surface area (Å²) in [5, 5.41) is 2.84. The van der Waals surface area contributed by atoms with Gasteiger partial charge in [0.15, 0.2) is 0 Å². The summed E-state index contributed by atoms with van der Waals surface area (Å²) in [6.45, 7) is 8.07. The SMILES string of the molecule is CC[C@@H](C)NC(=O)[C@H](C)N(Cc1ccc(C)cc1)C(=O)CN(c1cccc(C(F)(F)F)c1)S(=O)(=O)c1ccc(C)cc1. The third-order valence-electron chi connectivity index (χ3n) is 6.99. The average molecular weight is 604 g/mol. The number of halogens is 3. The van der Waals surface area contributed by atoms with Gasteiger partial charge in [-0.25, -0.2) is 8.42 Å². The second-order valence-electron chi connectivity index (χ2n) is 10.4. The van der Waals surface area contributed by atoms with Gasteiger partial charge in [0.1, 0.15) is 12.6 Å². The molecule has 0 spiro atoms. The third kappa shape index (κ3) is 8.12. The Morgan fingerprint density at radius 1 is 0.905 bits per heavy atom. The highest BCUT2D eigenvalue weighted by Crippen LogP contribution is 2.33. The molecule has 0 aliphatic heterocycles. The van der Waals surface area contributed by atoms with Crippen LogP contribution >= 0.6 is 0 Å². The van der Waals surface area contributed by atoms with Crippen molar-refractivity contribution in [2.24, 2.45) is 0 Å². The summed E-state index contributed by atoms with van der Waals surface area (Å²) in [7, 11) is -4.49. The zero-order valence-electron chi connectivity index (χ0n) is 24.3. The van der Waals surface area contributed by atoms with Crippen molar-refractivity contribution in [3.8, 4) is 0 Å². The van der Waals surface area contributed by atoms with E-state index in [-0.39, 0.29) is 23.2 Å². The number of hydrogen-bond acceptors (Lipinski definition) is 4. The minimum atomic E-state index is -4.74. The third-order valence-corrected chi connectivity index (χ3v) is 8.78. The number of amides is 2. The predicted octanol–water partition coefficient (Wildman–Crippen LogP) is 5.85. The van der Waals surface area contributed by atoms with Gasteiger partial charge in [0.25, 0.3) is 10.0 Å². The van der Waals surface area contributed by atoms with Crippen LogP contribution in [0.15, 0.2) is 77.7 Å². The molecule has 0 fully saturated rings. The molecule has 0 aliphatic carbocycles. The van der Waals surface area contributed by atoms with E-state index in [1.54, 1.807) is 31.2 Å². The molecule has 0 bridgehead atoms. The van der Waals surface area contributed by atoms with Crippen molar-refractivity contribution in [2.75, 3.05) is 10.8 Å². The van der Waals surface area contributed by atoms with E-state index in [2.05, 4.69) is 5.32 Å². The van der Waals surface area contributed by atoms with Gasteiger partial charge in [-0.05, 0) is 70.0 Å². The first-order valence-electron chi connectivity index (χ1n) is 13.6. The number of rotatable bonds is 11. The Morgan fingerprint density at radius 3 is 2.02 bits per heavy atom. The van der Waals surface area contributed by atoms with Crippen molar-refractivity contribution in [3.05, 3.63) is 95.1 Å². The smallest absolute Gasteiger partial charge is 0.352 e. The molecule has 3 rings (SSSR count). The summed E-state index contributed by atoms with van der Waals surface area (Å²) in [5.41, 5.74) is 1.07. The van der Waals surface area contributed by atoms with E-state index in [9.17, 15) is 31.2 Å². The van der Waals surface area contributed by atoms with Crippen LogP contribution in [0.25, 0.3) is 0 Å². The highest BCUT2D eigenvalue weighted by molar-refractivity contribution is 7.92. The summed E-state index contributed by atoms with van der Waals surface area (Å²) in [4.78, 5) is 28.1. The van der Waals surface area contributed by atoms with E-state index in [4.69, 9.17) is 0 Å². The topological polar surface area (TPSA) is 86.8 Å². The first-order valence-corrected chi connectivity index (χ1v) is 15.0. The number of anilines is 1. The van der Waals surface area contributed by atoms with Crippen LogP contribution in [-0.2, 0) is 32.3 Å². The molecule has 2 atom stereocenters. The van der Waals surface area contributed by atoms with E-state index in [1.807, 2.05) is 32.9 Å². The van der Waals surface area contributed by atoms with Crippen LogP contribution in [0.5, 0.6) is 0 Å². The summed E-state index contributed by atoms with van der Waals surface area (Å²) in [5.74, 6) is -1.19. The lowest BCUT2D eigenvalue weighted by molar-refractivity contribution is -0.139. The monoisotopic (exact) mass is 603 g/mol. The van der Waals surface area contributed by atoms with Gasteiger partial charge in [0.2, 0.25) is 11.8 Å². The lowest BCUT2D eigenvalue weighted by Gasteiger charge is -2.32. The molecule has 42 heavy (non-hydrogen) atoms. The fourth-order valence-electron chi connectivity index (χ4n) is 4.14. The molecule has 0 aliphatic rings. The summed E-state index contributed by atoms with van der Waals surface area (Å²) in [6.07, 6.45) is -4.08. The van der Waals surface area contributed by atoms with Gasteiger partial charge in [0.05, 0.1) is 16.1 Å². The molecule has 7 nitrogen and oxygen atoms in total. The number of carbonyl (C=O) groups excluding carboxylic acids is 2. The van der Waals surface area contributed by atoms with Crippen molar-refractivity contribution in [2.45, 2.75) is 70.7 Å². The van der Waals surface area contributed by atoms with Crippen molar-refractivity contribution in [1.29, 1.82) is 0 Å². The van der Waals surface area contributed by atoms with Crippen molar-refractivity contribution in [1.82, 2.24) is 10.2 Å². The van der Waals surface area contributed by atoms with Gasteiger partial charge in [-0.3, -0.25) is 13.9 Å². The summed E-state index contributed by atoms with van der Waals surface area (Å²) >= 11 is 0. The van der Waals surface area contributed by atoms with Gasteiger partial charge in [-0.2, -0.15) is 13.2 Å². The molecule has 0 saturated heterocycles. The van der Waals surface area contributed by atoms with Crippen LogP contribution in [0.3, 0.4) is 0 Å². The minimum Gasteiger partial charge on any atom is -0.352 e. The summed E-state index contributed by atoms with van der Waals surface area (Å²) < 4.78 is 69.1. The average Bonchev–Trinajstić information content (AvgIpc) is 2.94. The predicted molar refractivity (Wildman–Crippen MR) is 156 cm³/mol. The highest BCUT2D eigenvalue weighted by Gasteiger charge is 2.35. The standard InChI is InChI=1S/C31H36F3N3O4S/c1-6-23(4)35-30(39)24(5)36(19-25-14-10-21(2)11-15-25)29(38)20-37(27-9-7-8-26(18-27)31(32,33)34)42(40,41)28-16-12-22(3)13-17-28/h7-18,23-24H,6,19-20H2,1-5H3,(H,35,39)/t23-,24+/m1/s1. The number of sulfonamides is 1. The maximum atomic E-state index is 13.9. The Labute approximate surface area is 245 Å². The maximum absolute atomic E-state index is 13.9. The number of benzene rings is 3. The zero-order valence-corrected chi connectivity index (χ0v) is 25.1. The number of alkyl halides is 3. The van der Waals surface area contributed by atoms with E-state index in [0.717, 1.165) is 23.3 Å². The van der Waals surface area contributed by atoms with Crippen LogP contribution in [-0.4, -0.2) is 43.8 Å². The van der Waals surface area contributed by atoms with E-state index < -0.39 is 46.2 Å². The maximum Gasteiger partial charge on any atom is 0.416 e. The van der Waals surface area contributed by atoms with E-state index in [1.165, 1.54) is 30.0 Å². The van der Waals surface area contributed by atoms with Gasteiger partial charge < -0.3 is 10.2 Å². The van der Waals surface area contributed by atoms with Crippen LogP contribution in [0, 0.1) is 13.8 Å². The first kappa shape index (κ1) is 32.7. The van der Waals surface area contributed by atoms with E-state index in [0.29, 0.717) is 22.4 Å². The molecular weight excluding hydrogens is 567 g/mol. The Bertz CT molecular complexity index is 1490. The number of carbonyl (C=O) groups is 2. The van der Waals surface area contributed by atoms with Crippen molar-refractivity contribution in [3.63, 3.8) is 0 Å². The molecule has 0 heterocycles. The molecule has 0 saturated carbocycles. The Balaban J connectivity index is 2.08. The molecule has 0 unspecified atom stereocenters. The Morgan fingerprint density at radius 2 is 1.48 bits per heavy atom. The molecular formula is C31H36F3N3O4S. The number of nitrogens with one attached hydrogen (secondary N) is 1. The fourth-order valence-corrected chi connectivity index (χ4v) is 5.55. The molecule has 226 valence electrons. The number of hydrogen-bond donors (Lipinski definition) is 1.